The first kappa shape index (κ1) is 20.5. The van der Waals surface area contributed by atoms with Crippen LogP contribution in [0.4, 0.5) is 0 Å². The lowest BCUT2D eigenvalue weighted by Crippen LogP contribution is -1.96. The molecule has 1 aromatic heterocycles. The average Bonchev–Trinajstić information content (AvgIpc) is 2.83. The highest BCUT2D eigenvalue weighted by molar-refractivity contribution is 6.30. The summed E-state index contributed by atoms with van der Waals surface area (Å²) in [6.07, 6.45) is 5.51. The summed E-state index contributed by atoms with van der Waals surface area (Å²) >= 11 is 6.23. The molecule has 4 rings (SSSR count). The van der Waals surface area contributed by atoms with E-state index in [2.05, 4.69) is 13.2 Å². The molecule has 0 bridgehead atoms. The quantitative estimate of drug-likeness (QED) is 0.296. The Labute approximate surface area is 187 Å². The van der Waals surface area contributed by atoms with Crippen LogP contribution in [0.25, 0.3) is 39.5 Å². The fourth-order valence-electron chi connectivity index (χ4n) is 3.35. The van der Waals surface area contributed by atoms with Crippen molar-refractivity contribution in [2.45, 2.75) is 0 Å². The first-order valence-electron chi connectivity index (χ1n) is 9.94. The van der Waals surface area contributed by atoms with E-state index in [1.54, 1.807) is 6.08 Å². The van der Waals surface area contributed by atoms with Crippen molar-refractivity contribution >= 4 is 17.2 Å². The lowest BCUT2D eigenvalue weighted by Gasteiger charge is -2.10. The van der Waals surface area contributed by atoms with Crippen LogP contribution in [0.3, 0.4) is 0 Å². The summed E-state index contributed by atoms with van der Waals surface area (Å²) in [5.41, 5.74) is 6.69. The average molecular weight is 421 g/mol. The van der Waals surface area contributed by atoms with E-state index in [-0.39, 0.29) is 0 Å². The Kier molecular flexibility index (Phi) is 6.21. The molecule has 31 heavy (non-hydrogen) atoms. The molecule has 0 fully saturated rings. The summed E-state index contributed by atoms with van der Waals surface area (Å²) in [4.78, 5) is 9.71. The van der Waals surface area contributed by atoms with Crippen molar-refractivity contribution in [2.24, 2.45) is 0 Å². The molecule has 0 saturated carbocycles. The van der Waals surface area contributed by atoms with E-state index in [0.29, 0.717) is 10.8 Å². The molecule has 3 aromatic carbocycles. The SMILES string of the molecule is C=C/C=C(\C=C)c1ccc(-c2nc(-c3ccccc3)cc(-c3cccc(Cl)c3)n2)cc1. The van der Waals surface area contributed by atoms with Gasteiger partial charge in [-0.1, -0.05) is 110 Å². The molecule has 0 aliphatic heterocycles. The summed E-state index contributed by atoms with van der Waals surface area (Å²) in [7, 11) is 0. The van der Waals surface area contributed by atoms with Crippen LogP contribution >= 0.6 is 11.6 Å². The van der Waals surface area contributed by atoms with Gasteiger partial charge in [-0.2, -0.15) is 0 Å². The fourth-order valence-corrected chi connectivity index (χ4v) is 3.54. The van der Waals surface area contributed by atoms with Gasteiger partial charge in [-0.05, 0) is 29.3 Å². The number of nitrogens with zero attached hydrogens (tertiary/aromatic N) is 2. The minimum Gasteiger partial charge on any atom is -0.228 e. The Morgan fingerprint density at radius 3 is 2.03 bits per heavy atom. The van der Waals surface area contributed by atoms with Crippen LogP contribution in [-0.2, 0) is 0 Å². The Balaban J connectivity index is 1.83. The Hall–Kier alpha value is -3.75. The molecule has 0 radical (unpaired) electrons. The molecule has 3 heteroatoms. The van der Waals surface area contributed by atoms with Gasteiger partial charge in [0.15, 0.2) is 5.82 Å². The third-order valence-corrected chi connectivity index (χ3v) is 5.14. The van der Waals surface area contributed by atoms with E-state index < -0.39 is 0 Å². The molecular weight excluding hydrogens is 400 g/mol. The summed E-state index contributed by atoms with van der Waals surface area (Å²) in [6.45, 7) is 7.65. The molecule has 2 nitrogen and oxygen atoms in total. The van der Waals surface area contributed by atoms with Crippen molar-refractivity contribution in [1.29, 1.82) is 0 Å². The molecule has 0 aliphatic rings. The zero-order valence-electron chi connectivity index (χ0n) is 17.0. The summed E-state index contributed by atoms with van der Waals surface area (Å²) in [6, 6.07) is 28.0. The molecule has 1 heterocycles. The van der Waals surface area contributed by atoms with Crippen LogP contribution in [0.2, 0.25) is 5.02 Å². The van der Waals surface area contributed by atoms with Gasteiger partial charge < -0.3 is 0 Å². The largest absolute Gasteiger partial charge is 0.228 e. The molecule has 0 unspecified atom stereocenters. The second-order valence-electron chi connectivity index (χ2n) is 6.98. The van der Waals surface area contributed by atoms with Crippen molar-refractivity contribution in [3.63, 3.8) is 0 Å². The zero-order chi connectivity index (χ0) is 21.6. The maximum atomic E-state index is 6.23. The first-order valence-corrected chi connectivity index (χ1v) is 10.3. The summed E-state index contributed by atoms with van der Waals surface area (Å²) in [5, 5.41) is 0.675. The van der Waals surface area contributed by atoms with E-state index in [9.17, 15) is 0 Å². The highest BCUT2D eigenvalue weighted by atomic mass is 35.5. The van der Waals surface area contributed by atoms with E-state index >= 15 is 0 Å². The number of benzene rings is 3. The molecule has 0 atom stereocenters. The highest BCUT2D eigenvalue weighted by Gasteiger charge is 2.11. The Morgan fingerprint density at radius 1 is 0.710 bits per heavy atom. The lowest BCUT2D eigenvalue weighted by atomic mass is 10.0. The number of hydrogen-bond donors (Lipinski definition) is 0. The van der Waals surface area contributed by atoms with Gasteiger partial charge in [0.05, 0.1) is 11.4 Å². The third kappa shape index (κ3) is 4.71. The maximum absolute atomic E-state index is 6.23. The summed E-state index contributed by atoms with van der Waals surface area (Å²) in [5.74, 6) is 0.663. The van der Waals surface area contributed by atoms with Gasteiger partial charge in [-0.25, -0.2) is 9.97 Å². The van der Waals surface area contributed by atoms with Crippen LogP contribution < -0.4 is 0 Å². The van der Waals surface area contributed by atoms with E-state index in [4.69, 9.17) is 21.6 Å². The van der Waals surface area contributed by atoms with E-state index in [0.717, 1.165) is 39.2 Å². The topological polar surface area (TPSA) is 25.8 Å². The molecule has 0 spiro atoms. The number of aromatic nitrogens is 2. The van der Waals surface area contributed by atoms with Gasteiger partial charge >= 0.3 is 0 Å². The minimum atomic E-state index is 0.663. The van der Waals surface area contributed by atoms with Gasteiger partial charge in [-0.15, -0.1) is 0 Å². The van der Waals surface area contributed by atoms with Crippen LogP contribution in [0.15, 0.2) is 116 Å². The molecule has 150 valence electrons. The number of hydrogen-bond acceptors (Lipinski definition) is 2. The van der Waals surface area contributed by atoms with Crippen molar-refractivity contribution in [2.75, 3.05) is 0 Å². The van der Waals surface area contributed by atoms with Crippen molar-refractivity contribution in [3.05, 3.63) is 127 Å². The highest BCUT2D eigenvalue weighted by Crippen LogP contribution is 2.29. The van der Waals surface area contributed by atoms with Crippen LogP contribution in [0.1, 0.15) is 5.56 Å². The smallest absolute Gasteiger partial charge is 0.160 e. The maximum Gasteiger partial charge on any atom is 0.160 e. The van der Waals surface area contributed by atoms with Crippen LogP contribution in [0.5, 0.6) is 0 Å². The van der Waals surface area contributed by atoms with Gasteiger partial charge in [0.1, 0.15) is 0 Å². The molecule has 4 aromatic rings. The monoisotopic (exact) mass is 420 g/mol. The van der Waals surface area contributed by atoms with Gasteiger partial charge in [0.25, 0.3) is 0 Å². The minimum absolute atomic E-state index is 0.663. The number of halogens is 1. The molecular formula is C28H21ClN2. The molecule has 0 N–H and O–H groups in total. The molecule has 0 amide bonds. The molecule has 0 saturated heterocycles. The van der Waals surface area contributed by atoms with E-state index in [1.165, 1.54) is 0 Å². The second-order valence-corrected chi connectivity index (χ2v) is 7.41. The predicted molar refractivity (Wildman–Crippen MR) is 132 cm³/mol. The number of allylic oxidation sites excluding steroid dienone is 4. The van der Waals surface area contributed by atoms with Gasteiger partial charge in [0.2, 0.25) is 0 Å². The van der Waals surface area contributed by atoms with Crippen LogP contribution in [0, 0.1) is 0 Å². The Morgan fingerprint density at radius 2 is 1.39 bits per heavy atom. The van der Waals surface area contributed by atoms with Crippen molar-refractivity contribution in [3.8, 4) is 33.9 Å². The third-order valence-electron chi connectivity index (χ3n) is 4.91. The number of rotatable bonds is 6. The first-order chi connectivity index (χ1) is 15.2. The Bertz CT molecular complexity index is 1260. The fraction of sp³-hybridized carbons (Fsp3) is 0. The lowest BCUT2D eigenvalue weighted by molar-refractivity contribution is 1.18. The van der Waals surface area contributed by atoms with Gasteiger partial charge in [-0.3, -0.25) is 0 Å². The van der Waals surface area contributed by atoms with Crippen LogP contribution in [-0.4, -0.2) is 9.97 Å². The summed E-state index contributed by atoms with van der Waals surface area (Å²) < 4.78 is 0. The second kappa shape index (κ2) is 9.38. The normalized spacial score (nSPS) is 11.2. The van der Waals surface area contributed by atoms with Gasteiger partial charge in [0, 0.05) is 21.7 Å². The zero-order valence-corrected chi connectivity index (χ0v) is 17.8. The molecule has 0 aliphatic carbocycles. The van der Waals surface area contributed by atoms with E-state index in [1.807, 2.05) is 97.1 Å². The standard InChI is InChI=1S/C28H21ClN2/c1-3-9-20(4-2)21-14-16-23(17-15-21)28-30-26(22-10-6-5-7-11-22)19-27(31-28)24-12-8-13-25(29)18-24/h3-19H,1-2H2/b20-9+. The van der Waals surface area contributed by atoms with Crippen molar-refractivity contribution in [1.82, 2.24) is 9.97 Å². The van der Waals surface area contributed by atoms with Crippen molar-refractivity contribution < 1.29 is 0 Å². The predicted octanol–water partition coefficient (Wildman–Crippen LogP) is 7.89.